The molecular weight excluding hydrogens is 480 g/mol. The number of hydrogen-bond donors (Lipinski definition) is 1. The van der Waals surface area contributed by atoms with E-state index in [1.165, 1.54) is 0 Å². The van der Waals surface area contributed by atoms with Crippen molar-refractivity contribution in [1.29, 1.82) is 0 Å². The van der Waals surface area contributed by atoms with E-state index in [1.54, 1.807) is 35.6 Å². The normalized spacial score (nSPS) is 15.2. The summed E-state index contributed by atoms with van der Waals surface area (Å²) < 4.78 is 25.9. The van der Waals surface area contributed by atoms with Gasteiger partial charge in [0.1, 0.15) is 5.52 Å². The molecule has 0 bridgehead atoms. The Bertz CT molecular complexity index is 1220. The summed E-state index contributed by atoms with van der Waals surface area (Å²) in [6.45, 7) is 6.61. The Labute approximate surface area is 203 Å². The summed E-state index contributed by atoms with van der Waals surface area (Å²) in [5, 5.41) is 4.51. The highest BCUT2D eigenvalue weighted by Crippen LogP contribution is 2.33. The zero-order chi connectivity index (χ0) is 23.4. The number of amides is 1. The number of nitrogens with zero attached hydrogens (tertiary/aromatic N) is 3. The molecule has 0 saturated carbocycles. The summed E-state index contributed by atoms with van der Waals surface area (Å²) in [5.41, 5.74) is 1.85. The second-order valence-corrected chi connectivity index (χ2v) is 11.7. The Balaban J connectivity index is 1.18. The number of benzene rings is 2. The number of sulfone groups is 1. The molecule has 10 heteroatoms. The zero-order valence-electron chi connectivity index (χ0n) is 18.5. The summed E-state index contributed by atoms with van der Waals surface area (Å²) in [6.07, 6.45) is -0.0375. The Morgan fingerprint density at radius 1 is 1.12 bits per heavy atom. The first-order chi connectivity index (χ1) is 15.8. The van der Waals surface area contributed by atoms with Gasteiger partial charge >= 0.3 is 0 Å². The molecule has 1 amide bonds. The molecule has 1 fully saturated rings. The number of nitrogens with one attached hydrogen (secondary N) is 1. The predicted molar refractivity (Wildman–Crippen MR) is 134 cm³/mol. The molecule has 0 atom stereocenters. The van der Waals surface area contributed by atoms with Gasteiger partial charge in [-0.15, -0.1) is 0 Å². The first kappa shape index (κ1) is 23.9. The summed E-state index contributed by atoms with van der Waals surface area (Å²) in [6, 6.07) is 12.5. The van der Waals surface area contributed by atoms with Crippen LogP contribution in [0, 0.1) is 6.92 Å². The van der Waals surface area contributed by atoms with E-state index in [-0.39, 0.29) is 23.0 Å². The average molecular weight is 507 g/mol. The third-order valence-corrected chi connectivity index (χ3v) is 8.85. The van der Waals surface area contributed by atoms with Crippen LogP contribution in [0.2, 0.25) is 5.02 Å². The quantitative estimate of drug-likeness (QED) is 0.504. The van der Waals surface area contributed by atoms with E-state index in [0.717, 1.165) is 53.6 Å². The lowest BCUT2D eigenvalue weighted by Crippen LogP contribution is -2.48. The summed E-state index contributed by atoms with van der Waals surface area (Å²) in [7, 11) is -3.45. The van der Waals surface area contributed by atoms with Crippen LogP contribution in [0.15, 0.2) is 47.4 Å². The highest BCUT2D eigenvalue weighted by molar-refractivity contribution is 7.91. The molecule has 1 saturated heterocycles. The maximum atomic E-state index is 12.4. The van der Waals surface area contributed by atoms with E-state index in [2.05, 4.69) is 15.1 Å². The van der Waals surface area contributed by atoms with Crippen molar-refractivity contribution in [1.82, 2.24) is 15.2 Å². The Morgan fingerprint density at radius 2 is 1.85 bits per heavy atom. The van der Waals surface area contributed by atoms with Gasteiger partial charge in [-0.1, -0.05) is 46.7 Å². The molecule has 2 heterocycles. The molecule has 7 nitrogen and oxygen atoms in total. The minimum absolute atomic E-state index is 0.0375. The Kier molecular flexibility index (Phi) is 7.53. The van der Waals surface area contributed by atoms with E-state index in [1.807, 2.05) is 25.1 Å². The van der Waals surface area contributed by atoms with Crippen LogP contribution in [-0.4, -0.2) is 69.2 Å². The summed E-state index contributed by atoms with van der Waals surface area (Å²) in [5.74, 6) is -0.428. The van der Waals surface area contributed by atoms with Gasteiger partial charge < -0.3 is 10.2 Å². The number of carbonyl (C=O) groups excluding carboxylic acids is 1. The zero-order valence-corrected chi connectivity index (χ0v) is 20.8. The van der Waals surface area contributed by atoms with Gasteiger partial charge in [0.25, 0.3) is 0 Å². The molecule has 33 heavy (non-hydrogen) atoms. The van der Waals surface area contributed by atoms with Gasteiger partial charge in [0, 0.05) is 45.7 Å². The molecule has 2 aromatic carbocycles. The minimum atomic E-state index is -3.45. The van der Waals surface area contributed by atoms with Crippen LogP contribution in [0.5, 0.6) is 0 Å². The Morgan fingerprint density at radius 3 is 2.55 bits per heavy atom. The van der Waals surface area contributed by atoms with Crippen molar-refractivity contribution >= 4 is 54.0 Å². The fourth-order valence-electron chi connectivity index (χ4n) is 3.73. The van der Waals surface area contributed by atoms with E-state index in [9.17, 15) is 13.2 Å². The van der Waals surface area contributed by atoms with E-state index in [4.69, 9.17) is 16.6 Å². The van der Waals surface area contributed by atoms with Crippen LogP contribution in [0.1, 0.15) is 12.0 Å². The maximum Gasteiger partial charge on any atom is 0.221 e. The van der Waals surface area contributed by atoms with Crippen molar-refractivity contribution < 1.29 is 13.2 Å². The monoisotopic (exact) mass is 506 g/mol. The van der Waals surface area contributed by atoms with Crippen LogP contribution < -0.4 is 10.2 Å². The smallest absolute Gasteiger partial charge is 0.221 e. The molecule has 1 aromatic heterocycles. The second-order valence-electron chi connectivity index (χ2n) is 8.14. The number of aromatic nitrogens is 1. The maximum absolute atomic E-state index is 12.4. The van der Waals surface area contributed by atoms with Gasteiger partial charge in [0.15, 0.2) is 15.0 Å². The van der Waals surface area contributed by atoms with Crippen LogP contribution in [0.25, 0.3) is 10.2 Å². The van der Waals surface area contributed by atoms with Crippen LogP contribution in [0.3, 0.4) is 0 Å². The number of thiazole rings is 1. The Hall–Kier alpha value is -2.20. The van der Waals surface area contributed by atoms with Gasteiger partial charge in [-0.2, -0.15) is 0 Å². The molecule has 0 aliphatic carbocycles. The molecule has 0 spiro atoms. The number of rotatable bonds is 8. The van der Waals surface area contributed by atoms with Gasteiger partial charge in [-0.25, -0.2) is 13.4 Å². The fourth-order valence-corrected chi connectivity index (χ4v) is 6.29. The van der Waals surface area contributed by atoms with Crippen molar-refractivity contribution in [3.05, 3.63) is 53.1 Å². The number of piperazine rings is 1. The third kappa shape index (κ3) is 6.03. The van der Waals surface area contributed by atoms with E-state index >= 15 is 0 Å². The number of fused-ring (bicyclic) bond motifs is 1. The molecule has 4 rings (SSSR count). The van der Waals surface area contributed by atoms with Crippen LogP contribution in [0.4, 0.5) is 5.13 Å². The molecule has 0 radical (unpaired) electrons. The topological polar surface area (TPSA) is 82.6 Å². The van der Waals surface area contributed by atoms with Gasteiger partial charge in [-0.05, 0) is 31.2 Å². The van der Waals surface area contributed by atoms with Crippen LogP contribution in [-0.2, 0) is 14.6 Å². The van der Waals surface area contributed by atoms with Crippen molar-refractivity contribution in [3.63, 3.8) is 0 Å². The van der Waals surface area contributed by atoms with Crippen molar-refractivity contribution in [3.8, 4) is 0 Å². The molecule has 1 aliphatic rings. The van der Waals surface area contributed by atoms with Gasteiger partial charge in [-0.3, -0.25) is 9.69 Å². The highest BCUT2D eigenvalue weighted by Gasteiger charge is 2.21. The minimum Gasteiger partial charge on any atom is -0.355 e. The number of aryl methyl sites for hydroxylation is 1. The molecular formula is C23H27ClN4O3S2. The van der Waals surface area contributed by atoms with Gasteiger partial charge in [0.05, 0.1) is 20.4 Å². The first-order valence-electron chi connectivity index (χ1n) is 10.9. The van der Waals surface area contributed by atoms with Crippen LogP contribution >= 0.6 is 22.9 Å². The van der Waals surface area contributed by atoms with E-state index in [0.29, 0.717) is 11.6 Å². The highest BCUT2D eigenvalue weighted by atomic mass is 35.5. The number of halogens is 1. The van der Waals surface area contributed by atoms with Crippen molar-refractivity contribution in [2.75, 3.05) is 49.9 Å². The summed E-state index contributed by atoms with van der Waals surface area (Å²) in [4.78, 5) is 21.7. The lowest BCUT2D eigenvalue weighted by atomic mass is 10.2. The predicted octanol–water partition coefficient (Wildman–Crippen LogP) is 3.36. The van der Waals surface area contributed by atoms with Crippen molar-refractivity contribution in [2.24, 2.45) is 0 Å². The molecule has 1 aliphatic heterocycles. The van der Waals surface area contributed by atoms with Crippen molar-refractivity contribution in [2.45, 2.75) is 18.2 Å². The average Bonchev–Trinajstić information content (AvgIpc) is 3.24. The molecule has 1 N–H and O–H groups in total. The number of carbonyl (C=O) groups is 1. The largest absolute Gasteiger partial charge is 0.355 e. The second kappa shape index (κ2) is 10.4. The number of hydrogen-bond acceptors (Lipinski definition) is 7. The SMILES string of the molecule is Cc1ccc(S(=O)(=O)CCC(=O)NCCN2CCN(c3nc4c(Cl)cccc4s3)CC2)cc1. The fraction of sp³-hybridized carbons (Fsp3) is 0.391. The first-order valence-corrected chi connectivity index (χ1v) is 13.7. The van der Waals surface area contributed by atoms with Gasteiger partial charge in [0.2, 0.25) is 5.91 Å². The number of para-hydroxylation sites is 1. The lowest BCUT2D eigenvalue weighted by Gasteiger charge is -2.34. The lowest BCUT2D eigenvalue weighted by molar-refractivity contribution is -0.120. The molecule has 176 valence electrons. The molecule has 3 aromatic rings. The number of anilines is 1. The third-order valence-electron chi connectivity index (χ3n) is 5.73. The standard InChI is InChI=1S/C23H27ClN4O3S2/c1-17-5-7-18(8-6-17)33(30,31)16-9-21(29)25-10-11-27-12-14-28(15-13-27)23-26-22-19(24)3-2-4-20(22)32-23/h2-8H,9-16H2,1H3,(H,25,29). The molecule has 0 unspecified atom stereocenters. The van der Waals surface area contributed by atoms with E-state index < -0.39 is 9.84 Å². The summed E-state index contributed by atoms with van der Waals surface area (Å²) >= 11 is 7.90.